The molecule has 0 aliphatic heterocycles. The van der Waals surface area contributed by atoms with Crippen molar-refractivity contribution >= 4 is 11.8 Å². The summed E-state index contributed by atoms with van der Waals surface area (Å²) >= 11 is 0. The third kappa shape index (κ3) is 1.96. The van der Waals surface area contributed by atoms with Crippen LogP contribution in [0.25, 0.3) is 0 Å². The molecule has 6 nitrogen and oxygen atoms in total. The van der Waals surface area contributed by atoms with Crippen LogP contribution in [0.3, 0.4) is 0 Å². The molecule has 0 aliphatic rings. The second kappa shape index (κ2) is 3.67. The highest BCUT2D eigenvalue weighted by molar-refractivity contribution is 6.35. The van der Waals surface area contributed by atoms with Crippen molar-refractivity contribution in [2.45, 2.75) is 0 Å². The van der Waals surface area contributed by atoms with Gasteiger partial charge in [0, 0.05) is 0 Å². The first-order valence-electron chi connectivity index (χ1n) is 2.09. The van der Waals surface area contributed by atoms with E-state index in [-0.39, 0.29) is 5.84 Å². The molecule has 0 aromatic rings. The van der Waals surface area contributed by atoms with Crippen molar-refractivity contribution in [3.8, 4) is 0 Å². The van der Waals surface area contributed by atoms with Gasteiger partial charge < -0.3 is 16.0 Å². The zero-order valence-electron chi connectivity index (χ0n) is 4.92. The van der Waals surface area contributed by atoms with Gasteiger partial charge in [-0.1, -0.05) is 0 Å². The average molecular weight is 132 g/mol. The SMILES string of the molecule is COC(=O)/C(=N/N)NN. The number of methoxy groups -OCH3 is 1. The monoisotopic (exact) mass is 132 g/mol. The summed E-state index contributed by atoms with van der Waals surface area (Å²) in [7, 11) is 1.20. The summed E-state index contributed by atoms with van der Waals surface area (Å²) in [6, 6.07) is 0. The van der Waals surface area contributed by atoms with Crippen molar-refractivity contribution < 1.29 is 9.53 Å². The summed E-state index contributed by atoms with van der Waals surface area (Å²) in [4.78, 5) is 10.4. The molecule has 0 aliphatic carbocycles. The molecule has 0 saturated heterocycles. The Bertz CT molecular complexity index is 132. The van der Waals surface area contributed by atoms with E-state index >= 15 is 0 Å². The molecule has 0 spiro atoms. The molecule has 0 bridgehead atoms. The topological polar surface area (TPSA) is 103 Å². The molecule has 0 fully saturated rings. The van der Waals surface area contributed by atoms with Crippen LogP contribution in [0.1, 0.15) is 0 Å². The summed E-state index contributed by atoms with van der Waals surface area (Å²) in [6.07, 6.45) is 0. The fraction of sp³-hybridized carbons (Fsp3) is 0.333. The van der Waals surface area contributed by atoms with Crippen LogP contribution in [-0.2, 0) is 9.53 Å². The molecule has 0 amide bonds. The number of hydrazine groups is 1. The Labute approximate surface area is 51.8 Å². The van der Waals surface area contributed by atoms with E-state index in [1.54, 1.807) is 0 Å². The lowest BCUT2D eigenvalue weighted by Crippen LogP contribution is -2.38. The minimum absolute atomic E-state index is 0.211. The Morgan fingerprint density at radius 1 is 1.78 bits per heavy atom. The van der Waals surface area contributed by atoms with Gasteiger partial charge in [-0.3, -0.25) is 0 Å². The number of rotatable bonds is 0. The number of amidine groups is 1. The Kier molecular flexibility index (Phi) is 3.14. The number of nitrogens with one attached hydrogen (secondary N) is 1. The van der Waals surface area contributed by atoms with Gasteiger partial charge in [0.2, 0.25) is 5.84 Å². The van der Waals surface area contributed by atoms with E-state index in [0.717, 1.165) is 0 Å². The number of carbonyl (C=O) groups is 1. The Balaban J connectivity index is 3.97. The number of esters is 1. The maximum absolute atomic E-state index is 10.4. The van der Waals surface area contributed by atoms with Gasteiger partial charge in [0.15, 0.2) is 0 Å². The van der Waals surface area contributed by atoms with Crippen LogP contribution in [-0.4, -0.2) is 18.9 Å². The van der Waals surface area contributed by atoms with E-state index in [1.807, 2.05) is 5.43 Å². The molecule has 0 rings (SSSR count). The van der Waals surface area contributed by atoms with Crippen LogP contribution >= 0.6 is 0 Å². The van der Waals surface area contributed by atoms with Crippen LogP contribution in [0.2, 0.25) is 0 Å². The molecule has 6 heteroatoms. The molecular weight excluding hydrogens is 124 g/mol. The number of nitrogens with zero attached hydrogens (tertiary/aromatic N) is 1. The summed E-state index contributed by atoms with van der Waals surface area (Å²) in [5, 5.41) is 2.98. The van der Waals surface area contributed by atoms with Gasteiger partial charge in [-0.05, 0) is 0 Å². The number of ether oxygens (including phenoxy) is 1. The number of hydrazone groups is 1. The first kappa shape index (κ1) is 7.70. The molecule has 0 atom stereocenters. The van der Waals surface area contributed by atoms with Crippen molar-refractivity contribution in [3.63, 3.8) is 0 Å². The molecule has 0 unspecified atom stereocenters. The molecule has 0 aromatic carbocycles. The summed E-state index contributed by atoms with van der Waals surface area (Å²) in [5.74, 6) is 8.60. The third-order valence-electron chi connectivity index (χ3n) is 0.645. The molecule has 0 aromatic heterocycles. The summed E-state index contributed by atoms with van der Waals surface area (Å²) in [6.45, 7) is 0. The second-order valence-corrected chi connectivity index (χ2v) is 1.11. The van der Waals surface area contributed by atoms with Crippen molar-refractivity contribution in [2.75, 3.05) is 7.11 Å². The van der Waals surface area contributed by atoms with Crippen LogP contribution in [0, 0.1) is 0 Å². The largest absolute Gasteiger partial charge is 0.463 e. The molecule has 0 heterocycles. The maximum Gasteiger partial charge on any atom is 0.376 e. The Morgan fingerprint density at radius 3 is 2.44 bits per heavy atom. The summed E-state index contributed by atoms with van der Waals surface area (Å²) in [5.41, 5.74) is 1.95. The highest BCUT2D eigenvalue weighted by atomic mass is 16.5. The summed E-state index contributed by atoms with van der Waals surface area (Å²) < 4.78 is 4.20. The molecule has 0 radical (unpaired) electrons. The van der Waals surface area contributed by atoms with Crippen molar-refractivity contribution in [2.24, 2.45) is 16.8 Å². The lowest BCUT2D eigenvalue weighted by molar-refractivity contribution is -0.133. The normalized spacial score (nSPS) is 10.7. The molecular formula is C3H8N4O2. The van der Waals surface area contributed by atoms with Gasteiger partial charge in [-0.15, -0.1) is 0 Å². The zero-order chi connectivity index (χ0) is 7.28. The highest BCUT2D eigenvalue weighted by Crippen LogP contribution is 1.72. The smallest absolute Gasteiger partial charge is 0.376 e. The minimum atomic E-state index is -0.694. The van der Waals surface area contributed by atoms with E-state index in [2.05, 4.69) is 9.84 Å². The lowest BCUT2D eigenvalue weighted by Gasteiger charge is -1.98. The van der Waals surface area contributed by atoms with Gasteiger partial charge in [0.1, 0.15) is 0 Å². The van der Waals surface area contributed by atoms with E-state index < -0.39 is 5.97 Å². The van der Waals surface area contributed by atoms with Gasteiger partial charge in [-0.25, -0.2) is 10.6 Å². The number of nitrogens with two attached hydrogens (primary N) is 2. The quantitative estimate of drug-likeness (QED) is 0.115. The highest BCUT2D eigenvalue weighted by Gasteiger charge is 2.07. The Hall–Kier alpha value is -1.30. The van der Waals surface area contributed by atoms with Crippen LogP contribution < -0.4 is 17.1 Å². The molecule has 5 N–H and O–H groups in total. The zero-order valence-corrected chi connectivity index (χ0v) is 4.92. The van der Waals surface area contributed by atoms with Crippen molar-refractivity contribution in [3.05, 3.63) is 0 Å². The maximum atomic E-state index is 10.4. The van der Waals surface area contributed by atoms with Crippen molar-refractivity contribution in [1.29, 1.82) is 0 Å². The molecule has 9 heavy (non-hydrogen) atoms. The lowest BCUT2D eigenvalue weighted by atomic mass is 10.6. The predicted molar refractivity (Wildman–Crippen MR) is 31.0 cm³/mol. The van der Waals surface area contributed by atoms with Crippen LogP contribution in [0.15, 0.2) is 5.10 Å². The van der Waals surface area contributed by atoms with E-state index in [1.165, 1.54) is 7.11 Å². The standard InChI is InChI=1S/C3H8N4O2/c1-9-3(8)2(6-4)7-5/h4-5H2,1H3,(H,6,7). The number of hydrogen-bond acceptors (Lipinski definition) is 5. The van der Waals surface area contributed by atoms with Gasteiger partial charge in [0.25, 0.3) is 0 Å². The molecule has 52 valence electrons. The fourth-order valence-electron chi connectivity index (χ4n) is 0.246. The molecule has 0 saturated carbocycles. The van der Waals surface area contributed by atoms with E-state index in [4.69, 9.17) is 11.7 Å². The van der Waals surface area contributed by atoms with E-state index in [0.29, 0.717) is 0 Å². The van der Waals surface area contributed by atoms with E-state index in [9.17, 15) is 4.79 Å². The number of hydrogen-bond donors (Lipinski definition) is 3. The number of carbonyl (C=O) groups excluding carboxylic acids is 1. The van der Waals surface area contributed by atoms with Gasteiger partial charge >= 0.3 is 5.97 Å². The predicted octanol–water partition coefficient (Wildman–Crippen LogP) is -2.11. The second-order valence-electron chi connectivity index (χ2n) is 1.11. The average Bonchev–Trinajstić information content (AvgIpc) is 1.90. The van der Waals surface area contributed by atoms with Crippen molar-refractivity contribution in [1.82, 2.24) is 5.43 Å². The van der Waals surface area contributed by atoms with Gasteiger partial charge in [0.05, 0.1) is 7.11 Å². The van der Waals surface area contributed by atoms with Crippen LogP contribution in [0.5, 0.6) is 0 Å². The minimum Gasteiger partial charge on any atom is -0.463 e. The van der Waals surface area contributed by atoms with Crippen LogP contribution in [0.4, 0.5) is 0 Å². The Morgan fingerprint density at radius 2 is 2.33 bits per heavy atom. The first-order valence-corrected chi connectivity index (χ1v) is 2.09. The van der Waals surface area contributed by atoms with Gasteiger partial charge in [-0.2, -0.15) is 5.10 Å². The third-order valence-corrected chi connectivity index (χ3v) is 0.645. The fourth-order valence-corrected chi connectivity index (χ4v) is 0.246. The first-order chi connectivity index (χ1) is 4.26.